The molecule has 0 spiro atoms. The molecule has 1 aliphatic heterocycles. The van der Waals surface area contributed by atoms with E-state index >= 15 is 0 Å². The van der Waals surface area contributed by atoms with Gasteiger partial charge in [-0.2, -0.15) is 0 Å². The molecule has 0 aliphatic carbocycles. The minimum atomic E-state index is -1.18. The molecule has 1 aromatic heterocycles. The lowest BCUT2D eigenvalue weighted by Crippen LogP contribution is -2.49. The average Bonchev–Trinajstić information content (AvgIpc) is 3.14. The second-order valence-corrected chi connectivity index (χ2v) is 6.86. The van der Waals surface area contributed by atoms with Crippen LogP contribution in [0.1, 0.15) is 25.3 Å². The van der Waals surface area contributed by atoms with Crippen LogP contribution in [0.25, 0.3) is 0 Å². The third-order valence-corrected chi connectivity index (χ3v) is 5.14. The van der Waals surface area contributed by atoms with Crippen LogP contribution in [0.3, 0.4) is 0 Å². The lowest BCUT2D eigenvalue weighted by Gasteiger charge is -2.37. The molecule has 1 fully saturated rings. The first kappa shape index (κ1) is 18.5. The van der Waals surface area contributed by atoms with Crippen molar-refractivity contribution in [2.45, 2.75) is 31.4 Å². The SMILES string of the molecule is COc1ccc([C@](C)(O)[C@H]2CCCN2C(=O)Nc2cccnc2Cl)cc1. The number of nitrogens with zero attached hydrogens (tertiary/aromatic N) is 2. The molecule has 1 saturated heterocycles. The Morgan fingerprint density at radius 3 is 2.77 bits per heavy atom. The Labute approximate surface area is 157 Å². The molecule has 138 valence electrons. The zero-order valence-corrected chi connectivity index (χ0v) is 15.5. The van der Waals surface area contributed by atoms with Gasteiger partial charge < -0.3 is 20.1 Å². The number of rotatable bonds is 4. The number of carbonyl (C=O) groups is 1. The molecule has 26 heavy (non-hydrogen) atoms. The second kappa shape index (κ2) is 7.51. The molecule has 0 radical (unpaired) electrons. The van der Waals surface area contributed by atoms with Crippen LogP contribution in [-0.4, -0.2) is 40.7 Å². The van der Waals surface area contributed by atoms with Gasteiger partial charge in [0.1, 0.15) is 11.4 Å². The van der Waals surface area contributed by atoms with Crippen LogP contribution < -0.4 is 10.1 Å². The van der Waals surface area contributed by atoms with E-state index in [2.05, 4.69) is 10.3 Å². The van der Waals surface area contributed by atoms with Crippen LogP contribution in [0, 0.1) is 0 Å². The summed E-state index contributed by atoms with van der Waals surface area (Å²) in [7, 11) is 1.60. The summed E-state index contributed by atoms with van der Waals surface area (Å²) in [5, 5.41) is 14.2. The maximum absolute atomic E-state index is 12.8. The first-order valence-electron chi connectivity index (χ1n) is 8.48. The van der Waals surface area contributed by atoms with Gasteiger partial charge in [-0.1, -0.05) is 23.7 Å². The Morgan fingerprint density at radius 2 is 2.12 bits per heavy atom. The summed E-state index contributed by atoms with van der Waals surface area (Å²) in [4.78, 5) is 18.4. The number of urea groups is 1. The number of aliphatic hydroxyl groups is 1. The van der Waals surface area contributed by atoms with Crippen molar-refractivity contribution in [1.29, 1.82) is 0 Å². The molecule has 0 bridgehead atoms. The van der Waals surface area contributed by atoms with Gasteiger partial charge in [-0.25, -0.2) is 9.78 Å². The third kappa shape index (κ3) is 3.61. The quantitative estimate of drug-likeness (QED) is 0.800. The number of carbonyl (C=O) groups excluding carboxylic acids is 1. The number of ether oxygens (including phenoxy) is 1. The Kier molecular flexibility index (Phi) is 5.34. The van der Waals surface area contributed by atoms with E-state index in [4.69, 9.17) is 16.3 Å². The van der Waals surface area contributed by atoms with E-state index < -0.39 is 5.60 Å². The van der Waals surface area contributed by atoms with E-state index in [-0.39, 0.29) is 17.2 Å². The van der Waals surface area contributed by atoms with Crippen LogP contribution >= 0.6 is 11.6 Å². The highest BCUT2D eigenvalue weighted by Crippen LogP contribution is 2.35. The Hall–Kier alpha value is -2.31. The van der Waals surface area contributed by atoms with Crippen LogP contribution in [0.2, 0.25) is 5.15 Å². The number of aromatic nitrogens is 1. The fourth-order valence-electron chi connectivity index (χ4n) is 3.38. The standard InChI is InChI=1S/C19H22ClN3O3/c1-19(25,13-7-9-14(26-2)10-8-13)16-6-4-12-23(16)18(24)22-15-5-3-11-21-17(15)20/h3,5,7-11,16,25H,4,6,12H2,1-2H3,(H,22,24)/t16-,19+/m1/s1. The monoisotopic (exact) mass is 375 g/mol. The summed E-state index contributed by atoms with van der Waals surface area (Å²) in [6.07, 6.45) is 3.10. The number of anilines is 1. The van der Waals surface area contributed by atoms with Gasteiger partial charge in [-0.3, -0.25) is 0 Å². The van der Waals surface area contributed by atoms with Crippen LogP contribution in [0.4, 0.5) is 10.5 Å². The number of pyridine rings is 1. The highest BCUT2D eigenvalue weighted by atomic mass is 35.5. The van der Waals surface area contributed by atoms with Gasteiger partial charge in [0.05, 0.1) is 18.8 Å². The topological polar surface area (TPSA) is 74.7 Å². The zero-order valence-electron chi connectivity index (χ0n) is 14.8. The van der Waals surface area contributed by atoms with Gasteiger partial charge in [0.25, 0.3) is 0 Å². The highest BCUT2D eigenvalue weighted by Gasteiger charge is 2.42. The largest absolute Gasteiger partial charge is 0.497 e. The predicted octanol–water partition coefficient (Wildman–Crippen LogP) is 3.65. The molecule has 0 unspecified atom stereocenters. The van der Waals surface area contributed by atoms with Crippen LogP contribution in [0.15, 0.2) is 42.6 Å². The van der Waals surface area contributed by atoms with Crippen molar-refractivity contribution in [2.75, 3.05) is 19.0 Å². The van der Waals surface area contributed by atoms with E-state index in [1.54, 1.807) is 49.4 Å². The number of likely N-dealkylation sites (tertiary alicyclic amines) is 1. The van der Waals surface area contributed by atoms with Crippen molar-refractivity contribution in [3.63, 3.8) is 0 Å². The molecule has 1 aliphatic rings. The van der Waals surface area contributed by atoms with Gasteiger partial charge in [-0.15, -0.1) is 0 Å². The molecule has 2 aromatic rings. The first-order valence-corrected chi connectivity index (χ1v) is 8.86. The molecule has 2 N–H and O–H groups in total. The molecule has 0 saturated carbocycles. The molecular formula is C19H22ClN3O3. The summed E-state index contributed by atoms with van der Waals surface area (Å²) in [6, 6.07) is 10.0. The van der Waals surface area contributed by atoms with E-state index in [0.29, 0.717) is 18.7 Å². The van der Waals surface area contributed by atoms with Crippen LogP contribution in [-0.2, 0) is 5.60 Å². The molecule has 6 nitrogen and oxygen atoms in total. The predicted molar refractivity (Wildman–Crippen MR) is 101 cm³/mol. The van der Waals surface area contributed by atoms with Crippen LogP contribution in [0.5, 0.6) is 5.75 Å². The smallest absolute Gasteiger partial charge is 0.322 e. The number of benzene rings is 1. The van der Waals surface area contributed by atoms with Gasteiger partial charge in [0.15, 0.2) is 5.15 Å². The van der Waals surface area contributed by atoms with Crippen molar-refractivity contribution < 1.29 is 14.6 Å². The number of hydrogen-bond acceptors (Lipinski definition) is 4. The van der Waals surface area contributed by atoms with Crippen molar-refractivity contribution in [1.82, 2.24) is 9.88 Å². The third-order valence-electron chi connectivity index (χ3n) is 4.84. The normalized spacial score (nSPS) is 19.1. The van der Waals surface area contributed by atoms with E-state index in [0.717, 1.165) is 17.7 Å². The lowest BCUT2D eigenvalue weighted by atomic mass is 9.86. The van der Waals surface area contributed by atoms with Crippen molar-refractivity contribution >= 4 is 23.3 Å². The molecule has 7 heteroatoms. The number of methoxy groups -OCH3 is 1. The number of hydrogen-bond donors (Lipinski definition) is 2. The summed E-state index contributed by atoms with van der Waals surface area (Å²) in [5.74, 6) is 0.719. The van der Waals surface area contributed by atoms with E-state index in [1.165, 1.54) is 0 Å². The Balaban J connectivity index is 1.79. The second-order valence-electron chi connectivity index (χ2n) is 6.50. The first-order chi connectivity index (χ1) is 12.4. The average molecular weight is 376 g/mol. The van der Waals surface area contributed by atoms with Crippen molar-refractivity contribution in [3.8, 4) is 5.75 Å². The fraction of sp³-hybridized carbons (Fsp3) is 0.368. The molecule has 2 heterocycles. The number of halogens is 1. The van der Waals surface area contributed by atoms with Gasteiger partial charge in [-0.05, 0) is 49.6 Å². The molecule has 1 aromatic carbocycles. The lowest BCUT2D eigenvalue weighted by molar-refractivity contribution is -0.00944. The maximum atomic E-state index is 12.8. The minimum absolute atomic E-state index is 0.235. The Bertz CT molecular complexity index is 780. The van der Waals surface area contributed by atoms with E-state index in [9.17, 15) is 9.90 Å². The van der Waals surface area contributed by atoms with Crippen molar-refractivity contribution in [2.24, 2.45) is 0 Å². The van der Waals surface area contributed by atoms with Crippen molar-refractivity contribution in [3.05, 3.63) is 53.3 Å². The van der Waals surface area contributed by atoms with Gasteiger partial charge in [0.2, 0.25) is 0 Å². The zero-order chi connectivity index (χ0) is 18.7. The molecule has 2 atom stereocenters. The summed E-state index contributed by atoms with van der Waals surface area (Å²) < 4.78 is 5.17. The van der Waals surface area contributed by atoms with E-state index in [1.807, 2.05) is 12.1 Å². The maximum Gasteiger partial charge on any atom is 0.322 e. The summed E-state index contributed by atoms with van der Waals surface area (Å²) >= 11 is 6.02. The minimum Gasteiger partial charge on any atom is -0.497 e. The fourth-order valence-corrected chi connectivity index (χ4v) is 3.55. The number of nitrogens with one attached hydrogen (secondary N) is 1. The molecule has 3 rings (SSSR count). The summed E-state index contributed by atoms with van der Waals surface area (Å²) in [5.41, 5.74) is 0.00933. The summed E-state index contributed by atoms with van der Waals surface area (Å²) in [6.45, 7) is 2.31. The molecular weight excluding hydrogens is 354 g/mol. The van der Waals surface area contributed by atoms with Gasteiger partial charge in [0, 0.05) is 12.7 Å². The highest BCUT2D eigenvalue weighted by molar-refractivity contribution is 6.32. The molecule has 2 amide bonds. The number of amides is 2. The van der Waals surface area contributed by atoms with Gasteiger partial charge >= 0.3 is 6.03 Å². The Morgan fingerprint density at radius 1 is 1.38 bits per heavy atom.